The summed E-state index contributed by atoms with van der Waals surface area (Å²) in [4.78, 5) is 14.0. The van der Waals surface area contributed by atoms with Gasteiger partial charge in [0.05, 0.1) is 5.69 Å². The molecule has 1 aliphatic heterocycles. The number of alkyl halides is 2. The number of carbonyl (C=O) groups is 1. The number of rotatable bonds is 4. The summed E-state index contributed by atoms with van der Waals surface area (Å²) in [6.45, 7) is -1.02. The summed E-state index contributed by atoms with van der Waals surface area (Å²) in [6.07, 6.45) is 1.58. The number of ether oxygens (including phenoxy) is 1. The van der Waals surface area contributed by atoms with E-state index in [2.05, 4.69) is 10.1 Å². The second-order valence-electron chi connectivity index (χ2n) is 5.51. The SMILES string of the molecule is Cc1ccc(N2C(=O)/C(=C\c3ccc(OC(F)F)cc3)NC2=S)cc1Cl. The average Bonchev–Trinajstić information content (AvgIpc) is 2.85. The molecule has 0 radical (unpaired) electrons. The molecule has 0 saturated carbocycles. The molecule has 1 N–H and O–H groups in total. The van der Waals surface area contributed by atoms with E-state index in [0.717, 1.165) is 5.56 Å². The molecule has 0 bridgehead atoms. The number of anilines is 1. The molecule has 0 unspecified atom stereocenters. The molecule has 0 atom stereocenters. The minimum atomic E-state index is -2.88. The first-order chi connectivity index (χ1) is 12.3. The first kappa shape index (κ1) is 18.3. The quantitative estimate of drug-likeness (QED) is 0.612. The van der Waals surface area contributed by atoms with Crippen LogP contribution >= 0.6 is 23.8 Å². The number of nitrogens with zero attached hydrogens (tertiary/aromatic N) is 1. The van der Waals surface area contributed by atoms with Gasteiger partial charge in [0, 0.05) is 5.02 Å². The maximum atomic E-state index is 12.7. The largest absolute Gasteiger partial charge is 0.435 e. The Morgan fingerprint density at radius 2 is 1.92 bits per heavy atom. The van der Waals surface area contributed by atoms with E-state index in [1.807, 2.05) is 6.92 Å². The second-order valence-corrected chi connectivity index (χ2v) is 6.30. The van der Waals surface area contributed by atoms with Crippen molar-refractivity contribution < 1.29 is 18.3 Å². The molecule has 4 nitrogen and oxygen atoms in total. The lowest BCUT2D eigenvalue weighted by molar-refractivity contribution is -0.113. The van der Waals surface area contributed by atoms with Gasteiger partial charge in [-0.3, -0.25) is 9.69 Å². The Balaban J connectivity index is 1.83. The van der Waals surface area contributed by atoms with Gasteiger partial charge in [0.25, 0.3) is 5.91 Å². The second kappa shape index (κ2) is 7.39. The van der Waals surface area contributed by atoms with Crippen molar-refractivity contribution in [2.45, 2.75) is 13.5 Å². The number of carbonyl (C=O) groups excluding carboxylic acids is 1. The molecule has 0 spiro atoms. The Kier molecular flexibility index (Phi) is 5.20. The van der Waals surface area contributed by atoms with Crippen molar-refractivity contribution in [2.24, 2.45) is 0 Å². The smallest absolute Gasteiger partial charge is 0.387 e. The third-order valence-corrected chi connectivity index (χ3v) is 4.40. The zero-order chi connectivity index (χ0) is 18.8. The number of nitrogens with one attached hydrogen (secondary N) is 1. The first-order valence-electron chi connectivity index (χ1n) is 7.53. The third-order valence-electron chi connectivity index (χ3n) is 3.71. The zero-order valence-electron chi connectivity index (χ0n) is 13.5. The monoisotopic (exact) mass is 394 g/mol. The van der Waals surface area contributed by atoms with Crippen LogP contribution in [0.1, 0.15) is 11.1 Å². The lowest BCUT2D eigenvalue weighted by Crippen LogP contribution is -2.30. The number of aryl methyl sites for hydroxylation is 1. The summed E-state index contributed by atoms with van der Waals surface area (Å²) in [5.41, 5.74) is 2.36. The van der Waals surface area contributed by atoms with E-state index in [1.54, 1.807) is 36.4 Å². The van der Waals surface area contributed by atoms with Crippen LogP contribution in [0.2, 0.25) is 5.02 Å². The summed E-state index contributed by atoms with van der Waals surface area (Å²) < 4.78 is 28.7. The van der Waals surface area contributed by atoms with E-state index in [-0.39, 0.29) is 22.5 Å². The van der Waals surface area contributed by atoms with Crippen LogP contribution in [0, 0.1) is 6.92 Å². The van der Waals surface area contributed by atoms with Crippen LogP contribution in [-0.4, -0.2) is 17.6 Å². The number of amides is 1. The Morgan fingerprint density at radius 3 is 2.54 bits per heavy atom. The van der Waals surface area contributed by atoms with Crippen LogP contribution in [-0.2, 0) is 4.79 Å². The van der Waals surface area contributed by atoms with Gasteiger partial charge in [-0.1, -0.05) is 29.8 Å². The Labute approximate surface area is 159 Å². The predicted molar refractivity (Wildman–Crippen MR) is 100 cm³/mol. The fourth-order valence-corrected chi connectivity index (χ4v) is 2.88. The molecular formula is C18H13ClF2N2O2S. The van der Waals surface area contributed by atoms with Crippen LogP contribution in [0.4, 0.5) is 14.5 Å². The minimum absolute atomic E-state index is 0.0410. The van der Waals surface area contributed by atoms with Gasteiger partial charge in [-0.25, -0.2) is 0 Å². The van der Waals surface area contributed by atoms with Crippen molar-refractivity contribution in [3.05, 3.63) is 64.3 Å². The predicted octanol–water partition coefficient (Wildman–Crippen LogP) is 4.51. The lowest BCUT2D eigenvalue weighted by Gasteiger charge is -2.14. The van der Waals surface area contributed by atoms with Crippen molar-refractivity contribution >= 4 is 46.6 Å². The van der Waals surface area contributed by atoms with Gasteiger partial charge in [0.2, 0.25) is 0 Å². The average molecular weight is 395 g/mol. The van der Waals surface area contributed by atoms with E-state index in [0.29, 0.717) is 16.3 Å². The molecule has 1 heterocycles. The van der Waals surface area contributed by atoms with Gasteiger partial charge < -0.3 is 10.1 Å². The maximum absolute atomic E-state index is 12.7. The molecule has 1 fully saturated rings. The number of hydrogen-bond acceptors (Lipinski definition) is 3. The van der Waals surface area contributed by atoms with Crippen LogP contribution < -0.4 is 15.0 Å². The highest BCUT2D eigenvalue weighted by atomic mass is 35.5. The molecule has 1 amide bonds. The first-order valence-corrected chi connectivity index (χ1v) is 8.32. The maximum Gasteiger partial charge on any atom is 0.387 e. The normalized spacial score (nSPS) is 15.7. The van der Waals surface area contributed by atoms with Gasteiger partial charge >= 0.3 is 6.61 Å². The highest BCUT2D eigenvalue weighted by Crippen LogP contribution is 2.27. The van der Waals surface area contributed by atoms with Crippen LogP contribution in [0.3, 0.4) is 0 Å². The molecule has 134 valence electrons. The third kappa shape index (κ3) is 3.84. The van der Waals surface area contributed by atoms with Gasteiger partial charge in [-0.2, -0.15) is 8.78 Å². The molecular weight excluding hydrogens is 382 g/mol. The Bertz CT molecular complexity index is 901. The van der Waals surface area contributed by atoms with E-state index in [1.165, 1.54) is 17.0 Å². The van der Waals surface area contributed by atoms with Gasteiger partial charge in [-0.05, 0) is 60.6 Å². The fourth-order valence-electron chi connectivity index (χ4n) is 2.40. The topological polar surface area (TPSA) is 41.6 Å². The van der Waals surface area contributed by atoms with Crippen molar-refractivity contribution in [3.8, 4) is 5.75 Å². The molecule has 8 heteroatoms. The molecule has 0 aromatic heterocycles. The summed E-state index contributed by atoms with van der Waals surface area (Å²) in [6, 6.07) is 11.1. The van der Waals surface area contributed by atoms with E-state index in [4.69, 9.17) is 23.8 Å². The minimum Gasteiger partial charge on any atom is -0.435 e. The van der Waals surface area contributed by atoms with Crippen molar-refractivity contribution in [2.75, 3.05) is 4.90 Å². The summed E-state index contributed by atoms with van der Waals surface area (Å²) in [7, 11) is 0. The lowest BCUT2D eigenvalue weighted by atomic mass is 10.1. The van der Waals surface area contributed by atoms with Crippen molar-refractivity contribution in [1.82, 2.24) is 5.32 Å². The van der Waals surface area contributed by atoms with E-state index < -0.39 is 6.61 Å². The van der Waals surface area contributed by atoms with E-state index in [9.17, 15) is 13.6 Å². The molecule has 2 aromatic carbocycles. The summed E-state index contributed by atoms with van der Waals surface area (Å²) >= 11 is 11.4. The van der Waals surface area contributed by atoms with Crippen molar-refractivity contribution in [1.29, 1.82) is 0 Å². The van der Waals surface area contributed by atoms with Gasteiger partial charge in [0.1, 0.15) is 11.4 Å². The van der Waals surface area contributed by atoms with Crippen LogP contribution in [0.5, 0.6) is 5.75 Å². The molecule has 2 aromatic rings. The fraction of sp³-hybridized carbons (Fsp3) is 0.111. The Morgan fingerprint density at radius 1 is 1.23 bits per heavy atom. The van der Waals surface area contributed by atoms with E-state index >= 15 is 0 Å². The number of benzene rings is 2. The summed E-state index contributed by atoms with van der Waals surface area (Å²) in [5, 5.41) is 3.62. The highest BCUT2D eigenvalue weighted by molar-refractivity contribution is 7.80. The summed E-state index contributed by atoms with van der Waals surface area (Å²) in [5.74, 6) is -0.290. The molecule has 1 aliphatic rings. The van der Waals surface area contributed by atoms with Crippen LogP contribution in [0.25, 0.3) is 6.08 Å². The zero-order valence-corrected chi connectivity index (χ0v) is 15.1. The molecule has 0 aliphatic carbocycles. The highest BCUT2D eigenvalue weighted by Gasteiger charge is 2.32. The number of thiocarbonyl (C=S) groups is 1. The number of hydrogen-bond donors (Lipinski definition) is 1. The Hall–Kier alpha value is -2.51. The molecule has 26 heavy (non-hydrogen) atoms. The van der Waals surface area contributed by atoms with Crippen molar-refractivity contribution in [3.63, 3.8) is 0 Å². The van der Waals surface area contributed by atoms with Gasteiger partial charge in [0.15, 0.2) is 5.11 Å². The molecule has 3 rings (SSSR count). The molecule has 1 saturated heterocycles. The van der Waals surface area contributed by atoms with Gasteiger partial charge in [-0.15, -0.1) is 0 Å². The van der Waals surface area contributed by atoms with Crippen LogP contribution in [0.15, 0.2) is 48.2 Å². The standard InChI is InChI=1S/C18H13ClF2N2O2S/c1-10-2-5-12(9-14(10)19)23-16(24)15(22-18(23)26)8-11-3-6-13(7-4-11)25-17(20)21/h2-9,17H,1H3,(H,22,26)/b15-8+. The number of halogens is 3.